The number of hydrogen-bond acceptors (Lipinski definition) is 3. The summed E-state index contributed by atoms with van der Waals surface area (Å²) in [6.45, 7) is 1.68. The highest BCUT2D eigenvalue weighted by atomic mass is 32.2. The van der Waals surface area contributed by atoms with Crippen LogP contribution in [0.3, 0.4) is 0 Å². The Bertz CT molecular complexity index is 296. The Hall–Kier alpha value is -0.510. The van der Waals surface area contributed by atoms with Gasteiger partial charge in [-0.1, -0.05) is 30.3 Å². The molecule has 2 rings (SSSR count). The third kappa shape index (κ3) is 3.24. The van der Waals surface area contributed by atoms with Gasteiger partial charge in [0.15, 0.2) is 0 Å². The Labute approximate surface area is 102 Å². The van der Waals surface area contributed by atoms with Gasteiger partial charge in [0.05, 0.1) is 0 Å². The minimum atomic E-state index is 0.482. The Morgan fingerprint density at radius 1 is 1.38 bits per heavy atom. The van der Waals surface area contributed by atoms with E-state index in [4.69, 9.17) is 5.73 Å². The van der Waals surface area contributed by atoms with Crippen molar-refractivity contribution in [3.05, 3.63) is 35.9 Å². The van der Waals surface area contributed by atoms with Gasteiger partial charge in [0.25, 0.3) is 0 Å². The Kier molecular flexibility index (Phi) is 4.69. The van der Waals surface area contributed by atoms with Crippen molar-refractivity contribution >= 4 is 11.8 Å². The summed E-state index contributed by atoms with van der Waals surface area (Å²) in [6, 6.07) is 11.0. The minimum absolute atomic E-state index is 0.482. The molecule has 1 aliphatic rings. The molecule has 88 valence electrons. The van der Waals surface area contributed by atoms with E-state index in [0.717, 1.165) is 19.0 Å². The van der Waals surface area contributed by atoms with E-state index in [1.54, 1.807) is 0 Å². The standard InChI is InChI=1S/C13H20N2S/c14-8-13(12-6-7-16-10-12)15-9-11-4-2-1-3-5-11/h1-5,12-13,15H,6-10,14H2. The van der Waals surface area contributed by atoms with Gasteiger partial charge in [-0.3, -0.25) is 0 Å². The van der Waals surface area contributed by atoms with E-state index in [2.05, 4.69) is 47.4 Å². The van der Waals surface area contributed by atoms with Gasteiger partial charge >= 0.3 is 0 Å². The highest BCUT2D eigenvalue weighted by molar-refractivity contribution is 7.99. The maximum Gasteiger partial charge on any atom is 0.0229 e. The Morgan fingerprint density at radius 3 is 2.81 bits per heavy atom. The summed E-state index contributed by atoms with van der Waals surface area (Å²) in [7, 11) is 0. The molecule has 2 atom stereocenters. The zero-order chi connectivity index (χ0) is 11.2. The largest absolute Gasteiger partial charge is 0.329 e. The molecule has 0 saturated carbocycles. The van der Waals surface area contributed by atoms with Crippen LogP contribution >= 0.6 is 11.8 Å². The highest BCUT2D eigenvalue weighted by Gasteiger charge is 2.23. The number of benzene rings is 1. The highest BCUT2D eigenvalue weighted by Crippen LogP contribution is 2.26. The smallest absolute Gasteiger partial charge is 0.0229 e. The third-order valence-electron chi connectivity index (χ3n) is 3.20. The summed E-state index contributed by atoms with van der Waals surface area (Å²) in [6.07, 6.45) is 1.31. The van der Waals surface area contributed by atoms with E-state index < -0.39 is 0 Å². The van der Waals surface area contributed by atoms with Gasteiger partial charge in [-0.15, -0.1) is 0 Å². The molecular weight excluding hydrogens is 216 g/mol. The zero-order valence-electron chi connectivity index (χ0n) is 9.56. The van der Waals surface area contributed by atoms with Crippen molar-refractivity contribution in [2.24, 2.45) is 11.7 Å². The van der Waals surface area contributed by atoms with E-state index in [9.17, 15) is 0 Å². The predicted octanol–water partition coefficient (Wildman–Crippen LogP) is 1.86. The molecule has 2 unspecified atom stereocenters. The van der Waals surface area contributed by atoms with Crippen molar-refractivity contribution in [1.82, 2.24) is 5.32 Å². The summed E-state index contributed by atoms with van der Waals surface area (Å²) < 4.78 is 0. The molecule has 2 nitrogen and oxygen atoms in total. The Balaban J connectivity index is 1.83. The van der Waals surface area contributed by atoms with E-state index in [0.29, 0.717) is 6.04 Å². The van der Waals surface area contributed by atoms with Crippen molar-refractivity contribution in [1.29, 1.82) is 0 Å². The lowest BCUT2D eigenvalue weighted by Gasteiger charge is -2.22. The fraction of sp³-hybridized carbons (Fsp3) is 0.538. The lowest BCUT2D eigenvalue weighted by molar-refractivity contribution is 0.387. The maximum absolute atomic E-state index is 5.84. The van der Waals surface area contributed by atoms with Crippen LogP contribution in [0.2, 0.25) is 0 Å². The molecule has 0 spiro atoms. The van der Waals surface area contributed by atoms with E-state index >= 15 is 0 Å². The SMILES string of the molecule is NCC(NCc1ccccc1)C1CCSC1. The van der Waals surface area contributed by atoms with Crippen LogP contribution in [0.25, 0.3) is 0 Å². The number of thioether (sulfide) groups is 1. The van der Waals surface area contributed by atoms with Crippen molar-refractivity contribution in [3.8, 4) is 0 Å². The summed E-state index contributed by atoms with van der Waals surface area (Å²) >= 11 is 2.05. The maximum atomic E-state index is 5.84. The van der Waals surface area contributed by atoms with Crippen molar-refractivity contribution in [2.75, 3.05) is 18.1 Å². The molecule has 0 aliphatic carbocycles. The molecule has 0 aromatic heterocycles. The third-order valence-corrected chi connectivity index (χ3v) is 4.39. The van der Waals surface area contributed by atoms with Gasteiger partial charge in [-0.25, -0.2) is 0 Å². The van der Waals surface area contributed by atoms with Crippen LogP contribution in [0.1, 0.15) is 12.0 Å². The molecular formula is C13H20N2S. The van der Waals surface area contributed by atoms with Crippen LogP contribution < -0.4 is 11.1 Å². The first-order chi connectivity index (χ1) is 7.90. The van der Waals surface area contributed by atoms with E-state index in [1.165, 1.54) is 23.5 Å². The molecule has 3 N–H and O–H groups in total. The monoisotopic (exact) mass is 236 g/mol. The van der Waals surface area contributed by atoms with Crippen LogP contribution in [-0.4, -0.2) is 24.1 Å². The molecule has 1 aliphatic heterocycles. The molecule has 3 heteroatoms. The van der Waals surface area contributed by atoms with Gasteiger partial charge in [0.2, 0.25) is 0 Å². The van der Waals surface area contributed by atoms with Crippen LogP contribution in [0.5, 0.6) is 0 Å². The number of nitrogens with one attached hydrogen (secondary N) is 1. The fourth-order valence-corrected chi connectivity index (χ4v) is 3.50. The van der Waals surface area contributed by atoms with Crippen LogP contribution in [0.15, 0.2) is 30.3 Å². The molecule has 1 aromatic rings. The van der Waals surface area contributed by atoms with Crippen molar-refractivity contribution in [3.63, 3.8) is 0 Å². The predicted molar refractivity (Wildman–Crippen MR) is 71.6 cm³/mol. The molecule has 16 heavy (non-hydrogen) atoms. The average Bonchev–Trinajstić information content (AvgIpc) is 2.85. The summed E-state index contributed by atoms with van der Waals surface area (Å²) in [5.74, 6) is 3.33. The van der Waals surface area contributed by atoms with Gasteiger partial charge in [-0.05, 0) is 29.4 Å². The summed E-state index contributed by atoms with van der Waals surface area (Å²) in [5.41, 5.74) is 7.18. The van der Waals surface area contributed by atoms with Gasteiger partial charge < -0.3 is 11.1 Å². The van der Waals surface area contributed by atoms with Crippen LogP contribution in [-0.2, 0) is 6.54 Å². The van der Waals surface area contributed by atoms with Crippen LogP contribution in [0.4, 0.5) is 0 Å². The molecule has 1 saturated heterocycles. The number of nitrogens with two attached hydrogens (primary N) is 1. The Morgan fingerprint density at radius 2 is 2.19 bits per heavy atom. The van der Waals surface area contributed by atoms with Gasteiger partial charge in [-0.2, -0.15) is 11.8 Å². The first-order valence-corrected chi connectivity index (χ1v) is 7.10. The topological polar surface area (TPSA) is 38.0 Å². The van der Waals surface area contributed by atoms with Crippen LogP contribution in [0, 0.1) is 5.92 Å². The number of rotatable bonds is 5. The summed E-state index contributed by atoms with van der Waals surface area (Å²) in [4.78, 5) is 0. The second-order valence-corrected chi connectivity index (χ2v) is 5.48. The zero-order valence-corrected chi connectivity index (χ0v) is 10.4. The number of hydrogen-bond donors (Lipinski definition) is 2. The molecule has 1 heterocycles. The second kappa shape index (κ2) is 6.28. The lowest BCUT2D eigenvalue weighted by Crippen LogP contribution is -2.41. The minimum Gasteiger partial charge on any atom is -0.329 e. The van der Waals surface area contributed by atoms with Gasteiger partial charge in [0, 0.05) is 19.1 Å². The molecule has 1 fully saturated rings. The fourth-order valence-electron chi connectivity index (χ4n) is 2.16. The van der Waals surface area contributed by atoms with E-state index in [-0.39, 0.29) is 0 Å². The molecule has 0 amide bonds. The van der Waals surface area contributed by atoms with Crippen molar-refractivity contribution in [2.45, 2.75) is 19.0 Å². The van der Waals surface area contributed by atoms with E-state index in [1.807, 2.05) is 0 Å². The first kappa shape index (κ1) is 12.0. The van der Waals surface area contributed by atoms with Crippen molar-refractivity contribution < 1.29 is 0 Å². The molecule has 0 bridgehead atoms. The normalized spacial score (nSPS) is 22.2. The lowest BCUT2D eigenvalue weighted by atomic mass is 9.99. The first-order valence-electron chi connectivity index (χ1n) is 5.95. The quantitative estimate of drug-likeness (QED) is 0.819. The summed E-state index contributed by atoms with van der Waals surface area (Å²) in [5, 5.41) is 3.59. The van der Waals surface area contributed by atoms with Gasteiger partial charge in [0.1, 0.15) is 0 Å². The average molecular weight is 236 g/mol. The second-order valence-electron chi connectivity index (χ2n) is 4.33. The molecule has 1 aromatic carbocycles. The molecule has 0 radical (unpaired) electrons.